The molecule has 0 unspecified atom stereocenters. The second-order valence-corrected chi connectivity index (χ2v) is 7.83. The Morgan fingerprint density at radius 2 is 1.41 bits per heavy atom. The molecular weight excluding hydrogens is 406 g/mol. The van der Waals surface area contributed by atoms with Crippen LogP contribution in [-0.4, -0.2) is 30.5 Å². The number of benzene rings is 2. The maximum atomic E-state index is 12.8. The van der Waals surface area contributed by atoms with Crippen LogP contribution in [0, 0.1) is 30.3 Å². The summed E-state index contributed by atoms with van der Waals surface area (Å²) in [5, 5.41) is 34.2. The molecule has 12 heteroatoms. The van der Waals surface area contributed by atoms with Gasteiger partial charge in [-0.25, -0.2) is 0 Å². The molecule has 1 atom stereocenters. The molecule has 0 aliphatic heterocycles. The number of nitro groups is 3. The maximum Gasteiger partial charge on any atom is 0.285 e. The summed E-state index contributed by atoms with van der Waals surface area (Å²) >= 11 is 0. The van der Waals surface area contributed by atoms with E-state index in [0.29, 0.717) is 12.5 Å². The number of hydrogen-bond acceptors (Lipinski definition) is 8. The van der Waals surface area contributed by atoms with E-state index in [9.17, 15) is 39.3 Å². The van der Waals surface area contributed by atoms with Crippen molar-refractivity contribution in [1.29, 1.82) is 0 Å². The fourth-order valence-electron chi connectivity index (χ4n) is 3.16. The van der Waals surface area contributed by atoms with Crippen molar-refractivity contribution in [1.82, 2.24) is 0 Å². The molecule has 0 bridgehead atoms. The minimum Gasteiger partial charge on any atom is -0.289 e. The number of fused-ring (bicyclic) bond motifs is 3. The SMILES string of the molecule is CCCC[S@](=O)c1cc2c(c([N+](=O)[O-])c1)-c1c(cc([N+](=O)[O-])cc1[N+](=O)[O-])C2=O. The van der Waals surface area contributed by atoms with Gasteiger partial charge in [0.15, 0.2) is 5.78 Å². The fraction of sp³-hybridized carbons (Fsp3) is 0.235. The van der Waals surface area contributed by atoms with Crippen LogP contribution in [0.25, 0.3) is 11.1 Å². The second-order valence-electron chi connectivity index (χ2n) is 6.26. The average molecular weight is 419 g/mol. The highest BCUT2D eigenvalue weighted by molar-refractivity contribution is 7.85. The zero-order valence-corrected chi connectivity index (χ0v) is 15.8. The Kier molecular flexibility index (Phi) is 5.20. The Hall–Kier alpha value is -3.54. The summed E-state index contributed by atoms with van der Waals surface area (Å²) in [6.45, 7) is 1.88. The van der Waals surface area contributed by atoms with Gasteiger partial charge in [-0.15, -0.1) is 0 Å². The van der Waals surface area contributed by atoms with Crippen molar-refractivity contribution in [3.8, 4) is 11.1 Å². The minimum atomic E-state index is -1.61. The third-order valence-corrected chi connectivity index (χ3v) is 5.90. The molecular formula is C17H13N3O8S. The molecule has 1 aliphatic carbocycles. The van der Waals surface area contributed by atoms with Crippen LogP contribution < -0.4 is 0 Å². The summed E-state index contributed by atoms with van der Waals surface area (Å²) < 4.78 is 12.5. The third kappa shape index (κ3) is 3.38. The molecule has 0 heterocycles. The molecule has 0 aromatic heterocycles. The Labute approximate surface area is 165 Å². The van der Waals surface area contributed by atoms with E-state index in [4.69, 9.17) is 0 Å². The van der Waals surface area contributed by atoms with Crippen LogP contribution in [0.5, 0.6) is 0 Å². The van der Waals surface area contributed by atoms with Gasteiger partial charge >= 0.3 is 0 Å². The predicted molar refractivity (Wildman–Crippen MR) is 101 cm³/mol. The van der Waals surface area contributed by atoms with Crippen LogP contribution in [0.1, 0.15) is 35.7 Å². The monoisotopic (exact) mass is 419 g/mol. The highest BCUT2D eigenvalue weighted by Crippen LogP contribution is 2.49. The zero-order valence-electron chi connectivity index (χ0n) is 14.9. The van der Waals surface area contributed by atoms with Gasteiger partial charge in [0.25, 0.3) is 17.1 Å². The van der Waals surface area contributed by atoms with Crippen LogP contribution in [0.4, 0.5) is 17.1 Å². The molecule has 0 saturated heterocycles. The van der Waals surface area contributed by atoms with Gasteiger partial charge in [0.1, 0.15) is 0 Å². The first kappa shape index (κ1) is 20.2. The molecule has 0 N–H and O–H groups in total. The first-order valence-corrected chi connectivity index (χ1v) is 9.72. The molecule has 1 aliphatic rings. The van der Waals surface area contributed by atoms with E-state index >= 15 is 0 Å². The van der Waals surface area contributed by atoms with Gasteiger partial charge in [-0.3, -0.25) is 39.3 Å². The van der Waals surface area contributed by atoms with Crippen molar-refractivity contribution in [3.05, 3.63) is 65.7 Å². The number of unbranched alkanes of at least 4 members (excludes halogenated alkanes) is 1. The highest BCUT2D eigenvalue weighted by atomic mass is 32.2. The predicted octanol–water partition coefficient (Wildman–Crippen LogP) is 3.53. The normalized spacial score (nSPS) is 12.9. The van der Waals surface area contributed by atoms with E-state index in [1.54, 1.807) is 0 Å². The number of hydrogen-bond donors (Lipinski definition) is 0. The summed E-state index contributed by atoms with van der Waals surface area (Å²) in [5.74, 6) is -0.585. The molecule has 0 fully saturated rings. The van der Waals surface area contributed by atoms with Crippen LogP contribution in [0.2, 0.25) is 0 Å². The van der Waals surface area contributed by atoms with E-state index in [0.717, 1.165) is 18.6 Å². The van der Waals surface area contributed by atoms with Crippen molar-refractivity contribution in [3.63, 3.8) is 0 Å². The van der Waals surface area contributed by atoms with Crippen molar-refractivity contribution < 1.29 is 23.8 Å². The van der Waals surface area contributed by atoms with Crippen molar-refractivity contribution >= 4 is 33.6 Å². The molecule has 2 aromatic rings. The lowest BCUT2D eigenvalue weighted by Crippen LogP contribution is -2.03. The molecule has 2 aromatic carbocycles. The van der Waals surface area contributed by atoms with Gasteiger partial charge in [0, 0.05) is 33.9 Å². The van der Waals surface area contributed by atoms with E-state index in [2.05, 4.69) is 0 Å². The molecule has 11 nitrogen and oxygen atoms in total. The molecule has 29 heavy (non-hydrogen) atoms. The number of non-ortho nitro benzene ring substituents is 1. The summed E-state index contributed by atoms with van der Waals surface area (Å²) in [4.78, 5) is 44.5. The van der Waals surface area contributed by atoms with Gasteiger partial charge in [-0.2, -0.15) is 0 Å². The smallest absolute Gasteiger partial charge is 0.285 e. The minimum absolute atomic E-state index is 0.0576. The number of rotatable bonds is 7. The van der Waals surface area contributed by atoms with Crippen LogP contribution in [0.3, 0.4) is 0 Å². The number of carbonyl (C=O) groups is 1. The molecule has 150 valence electrons. The van der Waals surface area contributed by atoms with Gasteiger partial charge in [-0.05, 0) is 12.5 Å². The lowest BCUT2D eigenvalue weighted by Gasteiger charge is -2.07. The summed E-state index contributed by atoms with van der Waals surface area (Å²) in [5.41, 5.74) is -3.26. The van der Waals surface area contributed by atoms with Crippen LogP contribution >= 0.6 is 0 Å². The zero-order chi connectivity index (χ0) is 21.5. The lowest BCUT2D eigenvalue weighted by molar-refractivity contribution is -0.394. The summed E-state index contributed by atoms with van der Waals surface area (Å²) in [6, 6.07) is 3.78. The maximum absolute atomic E-state index is 12.8. The lowest BCUT2D eigenvalue weighted by atomic mass is 10.0. The quantitative estimate of drug-likeness (QED) is 0.414. The largest absolute Gasteiger partial charge is 0.289 e. The van der Waals surface area contributed by atoms with Gasteiger partial charge in [0.05, 0.1) is 42.8 Å². The van der Waals surface area contributed by atoms with Gasteiger partial charge < -0.3 is 0 Å². The molecule has 0 spiro atoms. The molecule has 0 amide bonds. The molecule has 0 radical (unpaired) electrons. The Balaban J connectivity index is 2.33. The number of carbonyl (C=O) groups excluding carboxylic acids is 1. The fourth-order valence-corrected chi connectivity index (χ4v) is 4.44. The first-order chi connectivity index (χ1) is 13.7. The topological polar surface area (TPSA) is 164 Å². The van der Waals surface area contributed by atoms with E-state index in [1.165, 1.54) is 6.07 Å². The highest BCUT2D eigenvalue weighted by Gasteiger charge is 2.41. The van der Waals surface area contributed by atoms with Gasteiger partial charge in [-0.1, -0.05) is 13.3 Å². The van der Waals surface area contributed by atoms with E-state index < -0.39 is 48.4 Å². The standard InChI is InChI=1S/C17H13N3O8S/c1-2-3-4-29(28)10-7-12-16(14(8-10)20(26)27)15-11(17(12)21)5-9(18(22)23)6-13(15)19(24)25/h5-8H,2-4H2,1H3/t29-/m0/s1. The molecule has 3 rings (SSSR count). The molecule has 0 saturated carbocycles. The Morgan fingerprint density at radius 1 is 0.862 bits per heavy atom. The summed E-state index contributed by atoms with van der Waals surface area (Å²) in [7, 11) is -1.61. The van der Waals surface area contributed by atoms with Crippen molar-refractivity contribution in [2.24, 2.45) is 0 Å². The van der Waals surface area contributed by atoms with Crippen LogP contribution in [0.15, 0.2) is 29.2 Å². The number of ketones is 1. The first-order valence-electron chi connectivity index (χ1n) is 8.40. The second kappa shape index (κ2) is 7.47. The number of nitrogens with zero attached hydrogens (tertiary/aromatic N) is 3. The summed E-state index contributed by atoms with van der Waals surface area (Å²) in [6.07, 6.45) is 1.35. The average Bonchev–Trinajstić information content (AvgIpc) is 2.96. The van der Waals surface area contributed by atoms with Crippen molar-refractivity contribution in [2.45, 2.75) is 24.7 Å². The van der Waals surface area contributed by atoms with Gasteiger partial charge in [0.2, 0.25) is 0 Å². The van der Waals surface area contributed by atoms with E-state index in [-0.39, 0.29) is 32.9 Å². The van der Waals surface area contributed by atoms with Crippen LogP contribution in [-0.2, 0) is 10.8 Å². The van der Waals surface area contributed by atoms with Crippen molar-refractivity contribution in [2.75, 3.05) is 5.75 Å². The Morgan fingerprint density at radius 3 is 1.93 bits per heavy atom. The number of nitro benzene ring substituents is 3. The van der Waals surface area contributed by atoms with E-state index in [1.807, 2.05) is 6.92 Å². The third-order valence-electron chi connectivity index (χ3n) is 4.48. The Bertz CT molecular complexity index is 1130.